The van der Waals surface area contributed by atoms with Crippen LogP contribution < -0.4 is 0 Å². The summed E-state index contributed by atoms with van der Waals surface area (Å²) >= 11 is 6.00. The zero-order valence-corrected chi connectivity index (χ0v) is 20.0. The normalized spacial score (nSPS) is 13.6. The Morgan fingerprint density at radius 2 is 1.64 bits per heavy atom. The number of halogens is 1. The second kappa shape index (κ2) is 10.2. The van der Waals surface area contributed by atoms with Crippen LogP contribution in [0.15, 0.2) is 77.4 Å². The molecule has 1 saturated heterocycles. The summed E-state index contributed by atoms with van der Waals surface area (Å²) in [6, 6.07) is 19.4. The largest absolute Gasteiger partial charge is 0.459 e. The molecule has 1 aliphatic heterocycles. The Morgan fingerprint density at radius 1 is 0.917 bits per heavy atom. The van der Waals surface area contributed by atoms with Gasteiger partial charge in [0.25, 0.3) is 11.8 Å². The van der Waals surface area contributed by atoms with Gasteiger partial charge in [-0.15, -0.1) is 0 Å². The van der Waals surface area contributed by atoms with Crippen LogP contribution in [0.25, 0.3) is 22.2 Å². The lowest BCUT2D eigenvalue weighted by Crippen LogP contribution is -2.51. The third-order valence-corrected chi connectivity index (χ3v) is 6.31. The molecule has 36 heavy (non-hydrogen) atoms. The molecule has 2 aromatic heterocycles. The molecule has 1 fully saturated rings. The zero-order chi connectivity index (χ0) is 25.1. The number of amides is 2. The minimum absolute atomic E-state index is 0.209. The number of carbonyl (C=O) groups is 3. The Hall–Kier alpha value is -4.17. The molecule has 0 bridgehead atoms. The van der Waals surface area contributed by atoms with Crippen LogP contribution >= 0.6 is 11.6 Å². The van der Waals surface area contributed by atoms with Crippen LogP contribution in [0, 0.1) is 0 Å². The summed E-state index contributed by atoms with van der Waals surface area (Å²) in [4.78, 5) is 46.1. The summed E-state index contributed by atoms with van der Waals surface area (Å²) in [5.41, 5.74) is 2.37. The first kappa shape index (κ1) is 23.6. The fourth-order valence-electron chi connectivity index (χ4n) is 4.12. The van der Waals surface area contributed by atoms with Crippen molar-refractivity contribution in [3.05, 3.63) is 89.3 Å². The van der Waals surface area contributed by atoms with Crippen LogP contribution in [0.2, 0.25) is 5.02 Å². The molecule has 2 aromatic carbocycles. The minimum Gasteiger partial charge on any atom is -0.459 e. The number of furan rings is 1. The predicted octanol–water partition coefficient (Wildman–Crippen LogP) is 4.29. The third kappa shape index (κ3) is 4.94. The van der Waals surface area contributed by atoms with E-state index in [0.29, 0.717) is 53.4 Å². The number of pyridine rings is 1. The Balaban J connectivity index is 1.25. The Morgan fingerprint density at radius 3 is 2.36 bits per heavy atom. The van der Waals surface area contributed by atoms with Gasteiger partial charge in [0.2, 0.25) is 0 Å². The second-order valence-corrected chi connectivity index (χ2v) is 8.74. The quantitative estimate of drug-likeness (QED) is 0.377. The number of piperazine rings is 1. The fraction of sp³-hybridized carbons (Fsp3) is 0.185. The monoisotopic (exact) mass is 503 g/mol. The van der Waals surface area contributed by atoms with E-state index < -0.39 is 12.6 Å². The van der Waals surface area contributed by atoms with Crippen molar-refractivity contribution < 1.29 is 23.5 Å². The van der Waals surface area contributed by atoms with Crippen molar-refractivity contribution in [2.75, 3.05) is 32.8 Å². The highest BCUT2D eigenvalue weighted by Gasteiger charge is 2.27. The number of fused-ring (bicyclic) bond motifs is 1. The molecule has 0 spiro atoms. The molecule has 3 heterocycles. The van der Waals surface area contributed by atoms with Gasteiger partial charge in [-0.1, -0.05) is 41.9 Å². The Labute approximate surface area is 212 Å². The summed E-state index contributed by atoms with van der Waals surface area (Å²) in [7, 11) is 0. The molecular formula is C27H22ClN3O5. The van der Waals surface area contributed by atoms with Crippen molar-refractivity contribution in [2.24, 2.45) is 0 Å². The average molecular weight is 504 g/mol. The summed E-state index contributed by atoms with van der Waals surface area (Å²) in [6.07, 6.45) is 1.45. The standard InChI is InChI=1S/C27H22ClN3O5/c28-19-9-7-18(8-10-19)23-16-21(20-4-1-2-5-22(20)29-23)27(34)36-17-25(32)30-11-13-31(14-12-30)26(33)24-6-3-15-35-24/h1-10,15-16H,11-14,17H2. The topological polar surface area (TPSA) is 93.0 Å². The lowest BCUT2D eigenvalue weighted by molar-refractivity contribution is -0.136. The van der Waals surface area contributed by atoms with Gasteiger partial charge in [-0.3, -0.25) is 9.59 Å². The van der Waals surface area contributed by atoms with Crippen molar-refractivity contribution in [2.45, 2.75) is 0 Å². The molecule has 9 heteroatoms. The number of carbonyl (C=O) groups excluding carboxylic acids is 3. The van der Waals surface area contributed by atoms with Gasteiger partial charge in [0.15, 0.2) is 12.4 Å². The number of benzene rings is 2. The van der Waals surface area contributed by atoms with Gasteiger partial charge in [-0.05, 0) is 36.4 Å². The SMILES string of the molecule is O=C(OCC(=O)N1CCN(C(=O)c2ccco2)CC1)c1cc(-c2ccc(Cl)cc2)nc2ccccc12. The van der Waals surface area contributed by atoms with E-state index in [9.17, 15) is 14.4 Å². The van der Waals surface area contributed by atoms with E-state index in [-0.39, 0.29) is 17.6 Å². The van der Waals surface area contributed by atoms with Crippen molar-refractivity contribution in [3.63, 3.8) is 0 Å². The number of esters is 1. The lowest BCUT2D eigenvalue weighted by Gasteiger charge is -2.34. The van der Waals surface area contributed by atoms with E-state index in [1.807, 2.05) is 30.3 Å². The summed E-state index contributed by atoms with van der Waals surface area (Å²) < 4.78 is 10.6. The first-order valence-corrected chi connectivity index (χ1v) is 11.8. The Bertz CT molecular complexity index is 1410. The van der Waals surface area contributed by atoms with Gasteiger partial charge in [-0.25, -0.2) is 9.78 Å². The molecule has 1 aliphatic rings. The molecule has 8 nitrogen and oxygen atoms in total. The molecule has 4 aromatic rings. The zero-order valence-electron chi connectivity index (χ0n) is 19.2. The van der Waals surface area contributed by atoms with Crippen LogP contribution in [-0.2, 0) is 9.53 Å². The van der Waals surface area contributed by atoms with Gasteiger partial charge < -0.3 is 19.0 Å². The van der Waals surface area contributed by atoms with E-state index in [1.165, 1.54) is 6.26 Å². The summed E-state index contributed by atoms with van der Waals surface area (Å²) in [5, 5.41) is 1.24. The molecule has 0 N–H and O–H groups in total. The van der Waals surface area contributed by atoms with E-state index >= 15 is 0 Å². The van der Waals surface area contributed by atoms with Crippen LogP contribution in [0.5, 0.6) is 0 Å². The molecule has 0 saturated carbocycles. The fourth-order valence-corrected chi connectivity index (χ4v) is 4.25. The number of ether oxygens (including phenoxy) is 1. The van der Waals surface area contributed by atoms with Crippen LogP contribution in [0.3, 0.4) is 0 Å². The Kier molecular flexibility index (Phi) is 6.69. The van der Waals surface area contributed by atoms with Crippen molar-refractivity contribution in [3.8, 4) is 11.3 Å². The van der Waals surface area contributed by atoms with Gasteiger partial charge in [0.1, 0.15) is 0 Å². The van der Waals surface area contributed by atoms with Gasteiger partial charge >= 0.3 is 5.97 Å². The van der Waals surface area contributed by atoms with Crippen LogP contribution in [-0.4, -0.2) is 65.4 Å². The van der Waals surface area contributed by atoms with Gasteiger partial charge in [0.05, 0.1) is 23.0 Å². The van der Waals surface area contributed by atoms with E-state index in [1.54, 1.807) is 46.2 Å². The average Bonchev–Trinajstić information content (AvgIpc) is 3.46. The minimum atomic E-state index is -0.608. The predicted molar refractivity (Wildman–Crippen MR) is 134 cm³/mol. The number of hydrogen-bond acceptors (Lipinski definition) is 6. The van der Waals surface area contributed by atoms with Crippen molar-refractivity contribution in [1.29, 1.82) is 0 Å². The maximum absolute atomic E-state index is 13.1. The highest BCUT2D eigenvalue weighted by Crippen LogP contribution is 2.26. The lowest BCUT2D eigenvalue weighted by atomic mass is 10.0. The summed E-state index contributed by atoms with van der Waals surface area (Å²) in [5.74, 6) is -0.862. The van der Waals surface area contributed by atoms with Crippen molar-refractivity contribution in [1.82, 2.24) is 14.8 Å². The summed E-state index contributed by atoms with van der Waals surface area (Å²) in [6.45, 7) is 1.05. The highest BCUT2D eigenvalue weighted by molar-refractivity contribution is 6.30. The third-order valence-electron chi connectivity index (χ3n) is 6.05. The maximum atomic E-state index is 13.1. The molecule has 0 radical (unpaired) electrons. The van der Waals surface area contributed by atoms with E-state index in [2.05, 4.69) is 4.98 Å². The molecule has 0 unspecified atom stereocenters. The molecule has 0 aliphatic carbocycles. The van der Waals surface area contributed by atoms with Crippen molar-refractivity contribution >= 4 is 40.3 Å². The smallest absolute Gasteiger partial charge is 0.339 e. The second-order valence-electron chi connectivity index (χ2n) is 8.31. The molecule has 5 rings (SSSR count). The number of para-hydroxylation sites is 1. The van der Waals surface area contributed by atoms with E-state index in [0.717, 1.165) is 5.56 Å². The molecule has 2 amide bonds. The van der Waals surface area contributed by atoms with Gasteiger partial charge in [-0.2, -0.15) is 0 Å². The highest BCUT2D eigenvalue weighted by atomic mass is 35.5. The number of aromatic nitrogens is 1. The first-order valence-electron chi connectivity index (χ1n) is 11.4. The molecule has 0 atom stereocenters. The number of rotatable bonds is 5. The first-order chi connectivity index (χ1) is 17.5. The van der Waals surface area contributed by atoms with Crippen LogP contribution in [0.1, 0.15) is 20.9 Å². The van der Waals surface area contributed by atoms with E-state index in [4.69, 9.17) is 20.8 Å². The number of hydrogen-bond donors (Lipinski definition) is 0. The van der Waals surface area contributed by atoms with Crippen LogP contribution in [0.4, 0.5) is 0 Å². The van der Waals surface area contributed by atoms with Gasteiger partial charge in [0, 0.05) is 42.2 Å². The number of nitrogens with zero attached hydrogens (tertiary/aromatic N) is 3. The maximum Gasteiger partial charge on any atom is 0.339 e. The molecule has 182 valence electrons. The molecular weight excluding hydrogens is 482 g/mol.